The summed E-state index contributed by atoms with van der Waals surface area (Å²) in [5, 5.41) is 0. The molecule has 0 amide bonds. The van der Waals surface area contributed by atoms with E-state index in [9.17, 15) is 0 Å². The largest absolute Gasteiger partial charge is 4.00 e. The summed E-state index contributed by atoms with van der Waals surface area (Å²) < 4.78 is 0. The molecule has 24 valence electrons. The van der Waals surface area contributed by atoms with E-state index >= 15 is 0 Å². The van der Waals surface area contributed by atoms with Gasteiger partial charge < -0.3 is 16.4 Å². The van der Waals surface area contributed by atoms with Gasteiger partial charge in [0, 0.05) is 0 Å². The first-order valence-corrected chi connectivity index (χ1v) is 0. The van der Waals surface area contributed by atoms with Crippen LogP contribution in [0.2, 0.25) is 0 Å². The second-order valence-electron chi connectivity index (χ2n) is 0. The minimum absolute atomic E-state index is 0. The average Bonchev–Trinajstić information content (AvgIpc) is 0. The van der Waals surface area contributed by atoms with Gasteiger partial charge in [-0.2, -0.15) is 0 Å². The molecule has 3 nitrogen and oxygen atoms in total. The second-order valence-corrected chi connectivity index (χ2v) is 0. The molecule has 0 saturated heterocycles. The molecule has 0 atom stereocenters. The van der Waals surface area contributed by atoms with Crippen molar-refractivity contribution >= 4 is 23.9 Å². The summed E-state index contributed by atoms with van der Waals surface area (Å²) in [5.41, 5.74) is 0. The molecule has 0 radical (unpaired) electrons. The fourth-order valence-electron chi connectivity index (χ4n) is 0. The maximum absolute atomic E-state index is 0. The standard InChI is InChI=1S/2K.3O.Sn/q2*+1;3*-2;+4. The topological polar surface area (TPSA) is 85.5 Å². The molecule has 0 heterocycles. The van der Waals surface area contributed by atoms with Crippen molar-refractivity contribution in [3.05, 3.63) is 0 Å². The van der Waals surface area contributed by atoms with Crippen molar-refractivity contribution in [1.29, 1.82) is 0 Å². The first kappa shape index (κ1) is 51.1. The maximum Gasteiger partial charge on any atom is 4.00 e. The molecule has 0 aromatic rings. The second kappa shape index (κ2) is 36.2. The SMILES string of the molecule is [K+].[K+].[O-2].[O-2].[O-2].[Sn+4]. The summed E-state index contributed by atoms with van der Waals surface area (Å²) in [6.45, 7) is 0. The monoisotopic (exact) mass is 246 g/mol. The molecule has 0 aliphatic heterocycles. The zero-order valence-corrected chi connectivity index (χ0v) is 12.8. The van der Waals surface area contributed by atoms with Crippen LogP contribution in [0.25, 0.3) is 0 Å². The van der Waals surface area contributed by atoms with Crippen LogP contribution in [0.5, 0.6) is 0 Å². The summed E-state index contributed by atoms with van der Waals surface area (Å²) in [5.74, 6) is 0. The Morgan fingerprint density at radius 1 is 0.500 bits per heavy atom. The van der Waals surface area contributed by atoms with Crippen LogP contribution in [0.1, 0.15) is 0 Å². The van der Waals surface area contributed by atoms with Gasteiger partial charge in [0.2, 0.25) is 0 Å². The van der Waals surface area contributed by atoms with Crippen LogP contribution >= 0.6 is 0 Å². The van der Waals surface area contributed by atoms with E-state index in [2.05, 4.69) is 0 Å². The van der Waals surface area contributed by atoms with Crippen LogP contribution in [-0.2, 0) is 16.4 Å². The van der Waals surface area contributed by atoms with Crippen LogP contribution in [0, 0.1) is 0 Å². The molecule has 0 spiro atoms. The predicted octanol–water partition coefficient (Wildman–Crippen LogP) is -6.73. The van der Waals surface area contributed by atoms with Gasteiger partial charge >= 0.3 is 127 Å². The van der Waals surface area contributed by atoms with Gasteiger partial charge in [0.15, 0.2) is 0 Å². The molecular weight excluding hydrogens is 245 g/mol. The zero-order valence-electron chi connectivity index (χ0n) is 3.72. The average molecular weight is 245 g/mol. The predicted molar refractivity (Wildman–Crippen MR) is 7.81 cm³/mol. The Morgan fingerprint density at radius 2 is 0.500 bits per heavy atom. The van der Waals surface area contributed by atoms with Gasteiger partial charge in [0.1, 0.15) is 0 Å². The molecular formula is K2O3Sn. The molecule has 0 rings (SSSR count). The van der Waals surface area contributed by atoms with Gasteiger partial charge in [-0.05, 0) is 0 Å². The quantitative estimate of drug-likeness (QED) is 0.380. The third-order valence-electron chi connectivity index (χ3n) is 0. The molecule has 0 bridgehead atoms. The maximum atomic E-state index is 0. The summed E-state index contributed by atoms with van der Waals surface area (Å²) in [4.78, 5) is 0. The van der Waals surface area contributed by atoms with Gasteiger partial charge in [-0.25, -0.2) is 0 Å². The van der Waals surface area contributed by atoms with Crippen LogP contribution in [-0.4, -0.2) is 23.9 Å². The van der Waals surface area contributed by atoms with E-state index in [1.807, 2.05) is 0 Å². The van der Waals surface area contributed by atoms with Crippen LogP contribution in [0.15, 0.2) is 0 Å². The molecule has 0 aromatic heterocycles. The van der Waals surface area contributed by atoms with Crippen molar-refractivity contribution in [2.75, 3.05) is 0 Å². The zero-order chi connectivity index (χ0) is 0. The van der Waals surface area contributed by atoms with Crippen molar-refractivity contribution in [3.63, 3.8) is 0 Å². The molecule has 6 heavy (non-hydrogen) atoms. The number of hydrogen-bond acceptors (Lipinski definition) is 0. The summed E-state index contributed by atoms with van der Waals surface area (Å²) >= 11 is 0. The smallest absolute Gasteiger partial charge is 2.00 e. The van der Waals surface area contributed by atoms with Gasteiger partial charge in [-0.15, -0.1) is 0 Å². The molecule has 0 fully saturated rings. The van der Waals surface area contributed by atoms with Crippen LogP contribution in [0.3, 0.4) is 0 Å². The molecule has 0 unspecified atom stereocenters. The Morgan fingerprint density at radius 3 is 0.500 bits per heavy atom. The first-order chi connectivity index (χ1) is 0. The third kappa shape index (κ3) is 24.6. The van der Waals surface area contributed by atoms with E-state index in [-0.39, 0.29) is 143 Å². The van der Waals surface area contributed by atoms with Crippen molar-refractivity contribution in [2.45, 2.75) is 0 Å². The van der Waals surface area contributed by atoms with E-state index in [0.717, 1.165) is 0 Å². The van der Waals surface area contributed by atoms with Gasteiger partial charge in [0.25, 0.3) is 0 Å². The van der Waals surface area contributed by atoms with Crippen molar-refractivity contribution < 1.29 is 119 Å². The Kier molecular flexibility index (Phi) is 309. The van der Waals surface area contributed by atoms with Gasteiger partial charge in [-0.1, -0.05) is 0 Å². The molecule has 0 N–H and O–H groups in total. The van der Waals surface area contributed by atoms with E-state index in [4.69, 9.17) is 0 Å². The molecule has 0 saturated carbocycles. The molecule has 0 aliphatic rings. The Balaban J connectivity index is 0. The Hall–Kier alpha value is 3.95. The summed E-state index contributed by atoms with van der Waals surface area (Å²) in [6.07, 6.45) is 0. The molecule has 6 heteroatoms. The van der Waals surface area contributed by atoms with Crippen molar-refractivity contribution in [2.24, 2.45) is 0 Å². The molecule has 0 aromatic carbocycles. The van der Waals surface area contributed by atoms with Crippen molar-refractivity contribution in [3.8, 4) is 0 Å². The summed E-state index contributed by atoms with van der Waals surface area (Å²) in [7, 11) is 0. The van der Waals surface area contributed by atoms with Gasteiger partial charge in [-0.3, -0.25) is 0 Å². The normalized spacial score (nSPS) is 0. The summed E-state index contributed by atoms with van der Waals surface area (Å²) in [6, 6.07) is 0. The van der Waals surface area contributed by atoms with E-state index in [1.165, 1.54) is 0 Å². The first-order valence-electron chi connectivity index (χ1n) is 0. The van der Waals surface area contributed by atoms with Crippen LogP contribution < -0.4 is 103 Å². The van der Waals surface area contributed by atoms with E-state index in [1.54, 1.807) is 0 Å². The van der Waals surface area contributed by atoms with E-state index in [0.29, 0.717) is 0 Å². The molecule has 0 aliphatic carbocycles. The Bertz CT molecular complexity index is 8.75. The Labute approximate surface area is 139 Å². The minimum atomic E-state index is 0. The van der Waals surface area contributed by atoms with E-state index < -0.39 is 0 Å². The van der Waals surface area contributed by atoms with Crippen LogP contribution in [0.4, 0.5) is 0 Å². The van der Waals surface area contributed by atoms with Gasteiger partial charge in [0.05, 0.1) is 0 Å². The minimum Gasteiger partial charge on any atom is -2.00 e. The fraction of sp³-hybridized carbons (Fsp3) is 0. The number of hydrogen-bond donors (Lipinski definition) is 0. The van der Waals surface area contributed by atoms with Crippen molar-refractivity contribution in [1.82, 2.24) is 0 Å². The third-order valence-corrected chi connectivity index (χ3v) is 0. The fourth-order valence-corrected chi connectivity index (χ4v) is 0. The number of rotatable bonds is 0.